The molecule has 0 aliphatic heterocycles. The number of aryl methyl sites for hydroxylation is 1. The van der Waals surface area contributed by atoms with Gasteiger partial charge in [-0.1, -0.05) is 23.2 Å². The van der Waals surface area contributed by atoms with Crippen LogP contribution in [0.4, 0.5) is 5.69 Å². The zero-order chi connectivity index (χ0) is 16.3. The molecule has 1 amide bonds. The first kappa shape index (κ1) is 15.9. The van der Waals surface area contributed by atoms with Crippen molar-refractivity contribution in [1.29, 1.82) is 0 Å². The highest BCUT2D eigenvalue weighted by atomic mass is 35.5. The van der Waals surface area contributed by atoms with Gasteiger partial charge >= 0.3 is 5.97 Å². The number of methoxy groups -OCH3 is 1. The van der Waals surface area contributed by atoms with Gasteiger partial charge in [0.25, 0.3) is 5.91 Å². The molecule has 0 aliphatic carbocycles. The van der Waals surface area contributed by atoms with Gasteiger partial charge in [0, 0.05) is 0 Å². The van der Waals surface area contributed by atoms with E-state index < -0.39 is 11.9 Å². The second-order valence-corrected chi connectivity index (χ2v) is 5.06. The quantitative estimate of drug-likeness (QED) is 0.902. The number of carboxylic acids is 1. The summed E-state index contributed by atoms with van der Waals surface area (Å²) in [5, 5.41) is 12.0. The Morgan fingerprint density at radius 3 is 2.55 bits per heavy atom. The number of benzene rings is 2. The Hall–Kier alpha value is -2.53. The van der Waals surface area contributed by atoms with E-state index in [1.165, 1.54) is 25.3 Å². The highest BCUT2D eigenvalue weighted by molar-refractivity contribution is 6.34. The van der Waals surface area contributed by atoms with Gasteiger partial charge in [0.1, 0.15) is 5.75 Å². The molecular weight excluding hydrogens is 306 g/mol. The molecule has 0 aromatic heterocycles. The molecule has 0 spiro atoms. The lowest BCUT2D eigenvalue weighted by Gasteiger charge is -2.12. The Morgan fingerprint density at radius 1 is 1.18 bits per heavy atom. The lowest BCUT2D eigenvalue weighted by molar-refractivity contribution is 0.0696. The molecule has 0 heterocycles. The zero-order valence-electron chi connectivity index (χ0n) is 12.0. The van der Waals surface area contributed by atoms with Crippen molar-refractivity contribution in [2.75, 3.05) is 12.4 Å². The number of ether oxygens (including phenoxy) is 1. The van der Waals surface area contributed by atoms with Crippen LogP contribution in [-0.4, -0.2) is 24.1 Å². The molecule has 0 aliphatic rings. The molecule has 0 atom stereocenters. The van der Waals surface area contributed by atoms with Gasteiger partial charge in [-0.3, -0.25) is 4.79 Å². The summed E-state index contributed by atoms with van der Waals surface area (Å²) in [4.78, 5) is 23.3. The highest BCUT2D eigenvalue weighted by Crippen LogP contribution is 2.27. The van der Waals surface area contributed by atoms with Gasteiger partial charge < -0.3 is 15.2 Å². The predicted molar refractivity (Wildman–Crippen MR) is 84.1 cm³/mol. The normalized spacial score (nSPS) is 10.1. The summed E-state index contributed by atoms with van der Waals surface area (Å²) in [7, 11) is 1.40. The summed E-state index contributed by atoms with van der Waals surface area (Å²) in [6, 6.07) is 9.34. The lowest BCUT2D eigenvalue weighted by Crippen LogP contribution is -2.13. The number of hydrogen-bond acceptors (Lipinski definition) is 3. The van der Waals surface area contributed by atoms with E-state index in [4.69, 9.17) is 21.4 Å². The number of hydrogen-bond donors (Lipinski definition) is 2. The highest BCUT2D eigenvalue weighted by Gasteiger charge is 2.15. The fraction of sp³-hybridized carbons (Fsp3) is 0.125. The van der Waals surface area contributed by atoms with Crippen LogP contribution in [0, 0.1) is 6.92 Å². The van der Waals surface area contributed by atoms with Crippen LogP contribution in [0.25, 0.3) is 0 Å². The average Bonchev–Trinajstić information content (AvgIpc) is 2.49. The molecule has 6 heteroatoms. The third-order valence-electron chi connectivity index (χ3n) is 3.06. The minimum absolute atomic E-state index is 0.0726. The van der Waals surface area contributed by atoms with Crippen molar-refractivity contribution in [1.82, 2.24) is 0 Å². The van der Waals surface area contributed by atoms with Crippen LogP contribution >= 0.6 is 11.6 Å². The molecule has 2 rings (SSSR count). The van der Waals surface area contributed by atoms with Gasteiger partial charge in [0.05, 0.1) is 28.9 Å². The number of anilines is 1. The summed E-state index contributed by atoms with van der Waals surface area (Å²) >= 11 is 6.03. The second kappa shape index (κ2) is 6.49. The van der Waals surface area contributed by atoms with Gasteiger partial charge in [0.15, 0.2) is 0 Å². The first-order valence-corrected chi connectivity index (χ1v) is 6.79. The molecule has 0 saturated heterocycles. The van der Waals surface area contributed by atoms with Gasteiger partial charge in [-0.15, -0.1) is 0 Å². The Balaban J connectivity index is 2.32. The van der Waals surface area contributed by atoms with Crippen molar-refractivity contribution >= 4 is 29.2 Å². The third kappa shape index (κ3) is 3.38. The van der Waals surface area contributed by atoms with Crippen LogP contribution in [0.3, 0.4) is 0 Å². The largest absolute Gasteiger partial charge is 0.495 e. The fourth-order valence-corrected chi connectivity index (χ4v) is 2.13. The topological polar surface area (TPSA) is 75.6 Å². The van der Waals surface area contributed by atoms with Crippen molar-refractivity contribution in [2.24, 2.45) is 0 Å². The summed E-state index contributed by atoms with van der Waals surface area (Å²) < 4.78 is 5.12. The van der Waals surface area contributed by atoms with Crippen LogP contribution in [-0.2, 0) is 0 Å². The van der Waals surface area contributed by atoms with Crippen molar-refractivity contribution in [2.45, 2.75) is 6.92 Å². The van der Waals surface area contributed by atoms with Crippen LogP contribution in [0.2, 0.25) is 5.02 Å². The smallest absolute Gasteiger partial charge is 0.335 e. The number of carbonyl (C=O) groups is 2. The molecule has 5 nitrogen and oxygen atoms in total. The van der Waals surface area contributed by atoms with E-state index >= 15 is 0 Å². The SMILES string of the molecule is COc1cc(C(=O)O)ccc1NC(=O)c1cc(C)ccc1Cl. The second-order valence-electron chi connectivity index (χ2n) is 4.66. The van der Waals surface area contributed by atoms with Crippen molar-refractivity contribution in [3.63, 3.8) is 0 Å². The van der Waals surface area contributed by atoms with E-state index in [0.29, 0.717) is 16.3 Å². The molecule has 22 heavy (non-hydrogen) atoms. The molecule has 114 valence electrons. The molecule has 0 saturated carbocycles. The molecule has 0 radical (unpaired) electrons. The van der Waals surface area contributed by atoms with Gasteiger partial charge in [0.2, 0.25) is 0 Å². The van der Waals surface area contributed by atoms with Gasteiger partial charge in [-0.05, 0) is 37.3 Å². The Labute approximate surface area is 132 Å². The first-order chi connectivity index (χ1) is 10.4. The Bertz CT molecular complexity index is 743. The number of halogens is 1. The molecule has 0 bridgehead atoms. The first-order valence-electron chi connectivity index (χ1n) is 6.41. The number of carbonyl (C=O) groups excluding carboxylic acids is 1. The van der Waals surface area contributed by atoms with Crippen molar-refractivity contribution in [3.8, 4) is 5.75 Å². The van der Waals surface area contributed by atoms with Crippen LogP contribution in [0.15, 0.2) is 36.4 Å². The third-order valence-corrected chi connectivity index (χ3v) is 3.39. The lowest BCUT2D eigenvalue weighted by atomic mass is 10.1. The monoisotopic (exact) mass is 319 g/mol. The maximum Gasteiger partial charge on any atom is 0.335 e. The maximum absolute atomic E-state index is 12.3. The predicted octanol–water partition coefficient (Wildman–Crippen LogP) is 3.61. The van der Waals surface area contributed by atoms with E-state index in [1.807, 2.05) is 6.92 Å². The summed E-state index contributed by atoms with van der Waals surface area (Å²) in [5.74, 6) is -1.20. The molecule has 2 aromatic carbocycles. The number of carboxylic acid groups (broad SMARTS) is 1. The van der Waals surface area contributed by atoms with E-state index in [1.54, 1.807) is 18.2 Å². The Morgan fingerprint density at radius 2 is 1.91 bits per heavy atom. The zero-order valence-corrected chi connectivity index (χ0v) is 12.8. The standard InChI is InChI=1S/C16H14ClNO4/c1-9-3-5-12(17)11(7-9)15(19)18-13-6-4-10(16(20)21)8-14(13)22-2/h3-8H,1-2H3,(H,18,19)(H,20,21). The Kier molecular flexibility index (Phi) is 4.68. The molecule has 0 unspecified atom stereocenters. The number of amides is 1. The summed E-state index contributed by atoms with van der Waals surface area (Å²) in [6.45, 7) is 1.86. The molecule has 2 N–H and O–H groups in total. The van der Waals surface area contributed by atoms with Gasteiger partial charge in [-0.25, -0.2) is 4.79 Å². The summed E-state index contributed by atoms with van der Waals surface area (Å²) in [6.07, 6.45) is 0. The van der Waals surface area contributed by atoms with E-state index in [9.17, 15) is 9.59 Å². The van der Waals surface area contributed by atoms with Crippen molar-refractivity contribution < 1.29 is 19.4 Å². The minimum atomic E-state index is -1.07. The van der Waals surface area contributed by atoms with Crippen molar-refractivity contribution in [3.05, 3.63) is 58.1 Å². The van der Waals surface area contributed by atoms with E-state index in [0.717, 1.165) is 5.56 Å². The number of rotatable bonds is 4. The van der Waals surface area contributed by atoms with Crippen LogP contribution in [0.1, 0.15) is 26.3 Å². The fourth-order valence-electron chi connectivity index (χ4n) is 1.93. The molecule has 0 fully saturated rings. The van der Waals surface area contributed by atoms with Gasteiger partial charge in [-0.2, -0.15) is 0 Å². The number of nitrogens with one attached hydrogen (secondary N) is 1. The molecular formula is C16H14ClNO4. The minimum Gasteiger partial charge on any atom is -0.495 e. The molecule has 2 aromatic rings. The summed E-state index contributed by atoms with van der Waals surface area (Å²) in [5.41, 5.74) is 1.69. The van der Waals surface area contributed by atoms with Crippen LogP contribution in [0.5, 0.6) is 5.75 Å². The maximum atomic E-state index is 12.3. The van der Waals surface area contributed by atoms with Crippen LogP contribution < -0.4 is 10.1 Å². The number of aromatic carboxylic acids is 1. The van der Waals surface area contributed by atoms with E-state index in [2.05, 4.69) is 5.32 Å². The average molecular weight is 320 g/mol. The van der Waals surface area contributed by atoms with E-state index in [-0.39, 0.29) is 11.3 Å².